The molecule has 1 fully saturated rings. The zero-order valence-corrected chi connectivity index (χ0v) is 18.6. The van der Waals surface area contributed by atoms with Crippen LogP contribution in [0.5, 0.6) is 0 Å². The first-order valence-corrected chi connectivity index (χ1v) is 11.1. The summed E-state index contributed by atoms with van der Waals surface area (Å²) in [6.45, 7) is 5.24. The van der Waals surface area contributed by atoms with Crippen LogP contribution in [-0.4, -0.2) is 53.6 Å². The van der Waals surface area contributed by atoms with Crippen LogP contribution in [0.2, 0.25) is 0 Å². The highest BCUT2D eigenvalue weighted by Crippen LogP contribution is 2.29. The van der Waals surface area contributed by atoms with Gasteiger partial charge in [0.25, 0.3) is 0 Å². The fourth-order valence-corrected chi connectivity index (χ4v) is 4.07. The third kappa shape index (κ3) is 4.73. The van der Waals surface area contributed by atoms with Gasteiger partial charge in [0.05, 0.1) is 18.4 Å². The van der Waals surface area contributed by atoms with Crippen LogP contribution >= 0.6 is 0 Å². The number of hydrogen-bond donors (Lipinski definition) is 0. The van der Waals surface area contributed by atoms with Gasteiger partial charge in [-0.1, -0.05) is 42.0 Å². The van der Waals surface area contributed by atoms with Gasteiger partial charge in [-0.25, -0.2) is 9.97 Å². The Morgan fingerprint density at radius 3 is 2.58 bits per heavy atom. The van der Waals surface area contributed by atoms with E-state index in [4.69, 9.17) is 19.1 Å². The van der Waals surface area contributed by atoms with Gasteiger partial charge in [0, 0.05) is 31.6 Å². The van der Waals surface area contributed by atoms with Crippen molar-refractivity contribution in [2.45, 2.75) is 13.5 Å². The first-order valence-electron chi connectivity index (χ1n) is 11.1. The highest BCUT2D eigenvalue weighted by molar-refractivity contribution is 5.91. The van der Waals surface area contributed by atoms with Gasteiger partial charge < -0.3 is 19.0 Å². The molecule has 0 N–H and O–H groups in total. The topological polar surface area (TPSA) is 71.7 Å². The van der Waals surface area contributed by atoms with E-state index in [2.05, 4.69) is 24.0 Å². The lowest BCUT2D eigenvalue weighted by molar-refractivity contribution is -0.136. The number of fused-ring (bicyclic) bond motifs is 1. The standard InChI is InChI=1S/C26H26N4O3/c1-19-9-10-22-21(16-19)26(28-25(27-22)23-8-5-15-33-23)30-13-11-29(12-14-30)24(31)18-32-17-20-6-3-2-4-7-20/h2-10,15-16H,11-14,17-18H2,1H3. The molecular formula is C26H26N4O3. The van der Waals surface area contributed by atoms with Crippen LogP contribution in [0.15, 0.2) is 71.3 Å². The van der Waals surface area contributed by atoms with Crippen LogP contribution < -0.4 is 4.90 Å². The third-order valence-electron chi connectivity index (χ3n) is 5.84. The van der Waals surface area contributed by atoms with E-state index >= 15 is 0 Å². The number of amides is 1. The van der Waals surface area contributed by atoms with Crippen LogP contribution in [0, 0.1) is 6.92 Å². The van der Waals surface area contributed by atoms with E-state index in [1.807, 2.05) is 53.4 Å². The van der Waals surface area contributed by atoms with Crippen molar-refractivity contribution in [1.29, 1.82) is 0 Å². The molecule has 1 amide bonds. The lowest BCUT2D eigenvalue weighted by Crippen LogP contribution is -2.50. The SMILES string of the molecule is Cc1ccc2nc(-c3ccco3)nc(N3CCN(C(=O)COCc4ccccc4)CC3)c2c1. The summed E-state index contributed by atoms with van der Waals surface area (Å²) in [7, 11) is 0. The molecule has 0 aliphatic carbocycles. The molecule has 7 heteroatoms. The molecule has 1 saturated heterocycles. The minimum atomic E-state index is 0.0187. The van der Waals surface area contributed by atoms with Crippen molar-refractivity contribution in [3.8, 4) is 11.6 Å². The molecule has 0 saturated carbocycles. The number of aromatic nitrogens is 2. The van der Waals surface area contributed by atoms with Crippen LogP contribution in [0.1, 0.15) is 11.1 Å². The van der Waals surface area contributed by atoms with Crippen LogP contribution in [0.25, 0.3) is 22.5 Å². The number of ether oxygens (including phenoxy) is 1. The fourth-order valence-electron chi connectivity index (χ4n) is 4.07. The molecule has 5 rings (SSSR count). The third-order valence-corrected chi connectivity index (χ3v) is 5.84. The van der Waals surface area contributed by atoms with Crippen molar-refractivity contribution in [2.75, 3.05) is 37.7 Å². The predicted octanol–water partition coefficient (Wildman–Crippen LogP) is 4.06. The van der Waals surface area contributed by atoms with E-state index < -0.39 is 0 Å². The Morgan fingerprint density at radius 2 is 1.82 bits per heavy atom. The Labute approximate surface area is 192 Å². The first-order chi connectivity index (χ1) is 16.2. The quantitative estimate of drug-likeness (QED) is 0.448. The Morgan fingerprint density at radius 1 is 1.00 bits per heavy atom. The molecule has 0 spiro atoms. The summed E-state index contributed by atoms with van der Waals surface area (Å²) < 4.78 is 11.2. The maximum atomic E-state index is 12.6. The van der Waals surface area contributed by atoms with Crippen molar-refractivity contribution in [3.05, 3.63) is 78.1 Å². The number of aryl methyl sites for hydroxylation is 1. The summed E-state index contributed by atoms with van der Waals surface area (Å²) in [5.74, 6) is 2.11. The van der Waals surface area contributed by atoms with Crippen LogP contribution in [0.4, 0.5) is 5.82 Å². The average Bonchev–Trinajstić information content (AvgIpc) is 3.39. The van der Waals surface area contributed by atoms with E-state index in [9.17, 15) is 4.79 Å². The molecule has 1 aliphatic heterocycles. The Kier molecular flexibility index (Phi) is 6.04. The predicted molar refractivity (Wildman–Crippen MR) is 127 cm³/mol. The Balaban J connectivity index is 1.28. The average molecular weight is 443 g/mol. The van der Waals surface area contributed by atoms with Crippen molar-refractivity contribution < 1.29 is 13.9 Å². The lowest BCUT2D eigenvalue weighted by Gasteiger charge is -2.36. The van der Waals surface area contributed by atoms with Crippen molar-refractivity contribution in [1.82, 2.24) is 14.9 Å². The molecule has 7 nitrogen and oxygen atoms in total. The van der Waals surface area contributed by atoms with E-state index in [0.29, 0.717) is 44.4 Å². The number of piperazine rings is 1. The second kappa shape index (κ2) is 9.42. The Hall–Kier alpha value is -3.71. The molecule has 0 bridgehead atoms. The van der Waals surface area contributed by atoms with Crippen molar-refractivity contribution in [3.63, 3.8) is 0 Å². The molecule has 1 aliphatic rings. The molecule has 4 aromatic rings. The molecule has 3 heterocycles. The maximum absolute atomic E-state index is 12.6. The van der Waals surface area contributed by atoms with Crippen molar-refractivity contribution >= 4 is 22.6 Å². The molecule has 168 valence electrons. The van der Waals surface area contributed by atoms with Crippen molar-refractivity contribution in [2.24, 2.45) is 0 Å². The van der Waals surface area contributed by atoms with E-state index in [1.54, 1.807) is 6.26 Å². The van der Waals surface area contributed by atoms with Gasteiger partial charge in [-0.15, -0.1) is 0 Å². The number of hydrogen-bond acceptors (Lipinski definition) is 6. The number of nitrogens with zero attached hydrogens (tertiary/aromatic N) is 4. The summed E-state index contributed by atoms with van der Waals surface area (Å²) in [4.78, 5) is 26.3. The maximum Gasteiger partial charge on any atom is 0.248 e. The number of rotatable bonds is 6. The summed E-state index contributed by atoms with van der Waals surface area (Å²) >= 11 is 0. The normalized spacial score (nSPS) is 14.1. The van der Waals surface area contributed by atoms with Gasteiger partial charge in [-0.2, -0.15) is 0 Å². The second-order valence-corrected chi connectivity index (χ2v) is 8.21. The summed E-state index contributed by atoms with van der Waals surface area (Å²) in [6.07, 6.45) is 1.63. The summed E-state index contributed by atoms with van der Waals surface area (Å²) in [5.41, 5.74) is 3.10. The van der Waals surface area contributed by atoms with E-state index in [0.717, 1.165) is 27.8 Å². The van der Waals surface area contributed by atoms with Gasteiger partial charge in [-0.3, -0.25) is 4.79 Å². The second-order valence-electron chi connectivity index (χ2n) is 8.21. The number of furan rings is 1. The smallest absolute Gasteiger partial charge is 0.248 e. The minimum Gasteiger partial charge on any atom is -0.461 e. The highest BCUT2D eigenvalue weighted by atomic mass is 16.5. The fraction of sp³-hybridized carbons (Fsp3) is 0.269. The lowest BCUT2D eigenvalue weighted by atomic mass is 10.1. The molecule has 0 atom stereocenters. The van der Waals surface area contributed by atoms with E-state index in [1.165, 1.54) is 0 Å². The summed E-state index contributed by atoms with van der Waals surface area (Å²) in [5, 5.41) is 1.01. The zero-order valence-electron chi connectivity index (χ0n) is 18.6. The Bertz CT molecular complexity index is 1230. The zero-order chi connectivity index (χ0) is 22.6. The molecular weight excluding hydrogens is 416 g/mol. The van der Waals surface area contributed by atoms with Crippen LogP contribution in [0.3, 0.4) is 0 Å². The molecule has 33 heavy (non-hydrogen) atoms. The van der Waals surface area contributed by atoms with E-state index in [-0.39, 0.29) is 12.5 Å². The molecule has 0 unspecified atom stereocenters. The largest absolute Gasteiger partial charge is 0.461 e. The molecule has 2 aromatic carbocycles. The first kappa shape index (κ1) is 21.2. The molecule has 2 aromatic heterocycles. The highest BCUT2D eigenvalue weighted by Gasteiger charge is 2.24. The van der Waals surface area contributed by atoms with Gasteiger partial charge in [0.1, 0.15) is 12.4 Å². The summed E-state index contributed by atoms with van der Waals surface area (Å²) in [6, 6.07) is 19.8. The number of carbonyl (C=O) groups excluding carboxylic acids is 1. The van der Waals surface area contributed by atoms with Gasteiger partial charge in [0.2, 0.25) is 5.91 Å². The monoisotopic (exact) mass is 442 g/mol. The van der Waals surface area contributed by atoms with Gasteiger partial charge >= 0.3 is 0 Å². The number of benzene rings is 2. The number of anilines is 1. The number of carbonyl (C=O) groups is 1. The minimum absolute atomic E-state index is 0.0187. The van der Waals surface area contributed by atoms with Gasteiger partial charge in [-0.05, 0) is 36.8 Å². The molecule has 0 radical (unpaired) electrons. The van der Waals surface area contributed by atoms with Gasteiger partial charge in [0.15, 0.2) is 11.6 Å². The van der Waals surface area contributed by atoms with Crippen LogP contribution in [-0.2, 0) is 16.1 Å².